The smallest absolute Gasteiger partial charge is 0.218 e. The predicted octanol–water partition coefficient (Wildman–Crippen LogP) is 9.42. The number of nitrogens with zero attached hydrogens (tertiary/aromatic N) is 5. The number of aromatic nitrogens is 4. The van der Waals surface area contributed by atoms with Crippen molar-refractivity contribution in [1.29, 1.82) is 0 Å². The van der Waals surface area contributed by atoms with Crippen LogP contribution in [0.4, 0.5) is 5.69 Å². The van der Waals surface area contributed by atoms with E-state index >= 15 is 0 Å². The van der Waals surface area contributed by atoms with Gasteiger partial charge in [0.15, 0.2) is 5.71 Å². The molecule has 3 aromatic rings. The topological polar surface area (TPSA) is 58.6 Å². The van der Waals surface area contributed by atoms with E-state index in [4.69, 9.17) is 0 Å². The lowest BCUT2D eigenvalue weighted by Gasteiger charge is -2.47. The van der Waals surface area contributed by atoms with Crippen molar-refractivity contribution in [3.8, 4) is 5.69 Å². The van der Waals surface area contributed by atoms with Gasteiger partial charge in [0.2, 0.25) is 10.8 Å². The third-order valence-electron chi connectivity index (χ3n) is 11.2. The number of allylic oxidation sites excluding steroid dienone is 11. The third kappa shape index (κ3) is 5.98. The Labute approximate surface area is 290 Å². The highest BCUT2D eigenvalue weighted by Crippen LogP contribution is 2.52. The lowest BCUT2D eigenvalue weighted by atomic mass is 9.58. The SMILES string of the molecule is CNC1=CC=CCC1(C)C(C)(C)/C(C)=C\C=C1/CCCC(/C=C/C2=[N+](C)c3ccccc3C2(C)C)=C1Sc1nnnn1-c1ccccc1. The lowest BCUT2D eigenvalue weighted by molar-refractivity contribution is -0.401. The first-order chi connectivity index (χ1) is 23.0. The zero-order chi connectivity index (χ0) is 34.1. The normalized spacial score (nSPS) is 22.1. The molecule has 0 bridgehead atoms. The number of hydrogen-bond donors (Lipinski definition) is 1. The van der Waals surface area contributed by atoms with Crippen LogP contribution >= 0.6 is 11.8 Å². The summed E-state index contributed by atoms with van der Waals surface area (Å²) >= 11 is 1.68. The van der Waals surface area contributed by atoms with Crippen molar-refractivity contribution in [2.75, 3.05) is 14.1 Å². The third-order valence-corrected chi connectivity index (χ3v) is 12.3. The van der Waals surface area contributed by atoms with Crippen molar-refractivity contribution in [2.24, 2.45) is 10.8 Å². The second-order valence-corrected chi connectivity index (χ2v) is 15.4. The van der Waals surface area contributed by atoms with Gasteiger partial charge in [0.05, 0.1) is 11.1 Å². The molecule has 1 unspecified atom stereocenters. The first-order valence-electron chi connectivity index (χ1n) is 17.1. The summed E-state index contributed by atoms with van der Waals surface area (Å²) in [5.74, 6) is 0. The Morgan fingerprint density at radius 3 is 2.52 bits per heavy atom. The first-order valence-corrected chi connectivity index (χ1v) is 17.9. The average molecular weight is 658 g/mol. The quantitative estimate of drug-likeness (QED) is 0.232. The molecule has 0 saturated heterocycles. The van der Waals surface area contributed by atoms with Gasteiger partial charge in [0.25, 0.3) is 0 Å². The van der Waals surface area contributed by atoms with Crippen LogP contribution in [-0.4, -0.2) is 44.6 Å². The molecule has 2 aromatic carbocycles. The number of nitrogens with one attached hydrogen (secondary N) is 1. The van der Waals surface area contributed by atoms with E-state index < -0.39 is 0 Å². The van der Waals surface area contributed by atoms with E-state index in [1.807, 2.05) is 42.1 Å². The average Bonchev–Trinajstić information content (AvgIpc) is 3.63. The molecule has 1 aliphatic heterocycles. The molecule has 0 amide bonds. The molecule has 1 N–H and O–H groups in total. The molecule has 6 nitrogen and oxygen atoms in total. The van der Waals surface area contributed by atoms with Crippen LogP contribution in [0.15, 0.2) is 130 Å². The first kappa shape index (κ1) is 33.7. The summed E-state index contributed by atoms with van der Waals surface area (Å²) < 4.78 is 4.19. The zero-order valence-electron chi connectivity index (χ0n) is 29.7. The largest absolute Gasteiger partial charge is 0.391 e. The fourth-order valence-corrected chi connectivity index (χ4v) is 8.57. The van der Waals surface area contributed by atoms with Gasteiger partial charge in [-0.25, -0.2) is 0 Å². The molecule has 248 valence electrons. The van der Waals surface area contributed by atoms with Gasteiger partial charge in [-0.05, 0) is 103 Å². The molecule has 2 heterocycles. The minimum absolute atomic E-state index is 0.0316. The number of benzene rings is 2. The van der Waals surface area contributed by atoms with Crippen LogP contribution < -0.4 is 5.32 Å². The van der Waals surface area contributed by atoms with Gasteiger partial charge in [-0.1, -0.05) is 93.1 Å². The molecule has 48 heavy (non-hydrogen) atoms. The van der Waals surface area contributed by atoms with Crippen LogP contribution in [0.2, 0.25) is 0 Å². The summed E-state index contributed by atoms with van der Waals surface area (Å²) in [6.07, 6.45) is 20.2. The number of thioether (sulfide) groups is 1. The van der Waals surface area contributed by atoms with E-state index in [-0.39, 0.29) is 16.2 Å². The molecule has 2 aliphatic carbocycles. The second kappa shape index (κ2) is 13.3. The number of para-hydroxylation sites is 2. The van der Waals surface area contributed by atoms with Crippen molar-refractivity contribution in [3.05, 3.63) is 130 Å². The van der Waals surface area contributed by atoms with Gasteiger partial charge in [-0.15, -0.1) is 5.10 Å². The summed E-state index contributed by atoms with van der Waals surface area (Å²) in [5.41, 5.74) is 9.99. The maximum atomic E-state index is 4.51. The number of rotatable bonds is 9. The molecule has 1 aromatic heterocycles. The van der Waals surface area contributed by atoms with E-state index in [1.165, 1.54) is 44.3 Å². The number of tetrazole rings is 1. The summed E-state index contributed by atoms with van der Waals surface area (Å²) in [6.45, 7) is 14.1. The molecule has 0 saturated carbocycles. The van der Waals surface area contributed by atoms with Crippen LogP contribution in [-0.2, 0) is 5.41 Å². The van der Waals surface area contributed by atoms with Crippen molar-refractivity contribution in [2.45, 2.75) is 77.8 Å². The molecule has 1 atom stereocenters. The highest BCUT2D eigenvalue weighted by atomic mass is 32.2. The van der Waals surface area contributed by atoms with Crippen LogP contribution in [0.5, 0.6) is 0 Å². The molecule has 3 aliphatic rings. The number of hydrogen-bond acceptors (Lipinski definition) is 5. The molecule has 6 rings (SSSR count). The maximum Gasteiger partial charge on any atom is 0.218 e. The van der Waals surface area contributed by atoms with Gasteiger partial charge >= 0.3 is 0 Å². The van der Waals surface area contributed by atoms with Crippen LogP contribution in [0.1, 0.15) is 72.8 Å². The van der Waals surface area contributed by atoms with Gasteiger partial charge in [0.1, 0.15) is 7.05 Å². The molecular weight excluding hydrogens is 609 g/mol. The summed E-state index contributed by atoms with van der Waals surface area (Å²) in [4.78, 5) is 1.24. The van der Waals surface area contributed by atoms with E-state index in [0.29, 0.717) is 0 Å². The Bertz CT molecular complexity index is 1910. The Balaban J connectivity index is 1.42. The van der Waals surface area contributed by atoms with Gasteiger partial charge < -0.3 is 5.32 Å². The minimum atomic E-state index is -0.0864. The number of fused-ring (bicyclic) bond motifs is 1. The van der Waals surface area contributed by atoms with Gasteiger partial charge in [-0.3, -0.25) is 0 Å². The van der Waals surface area contributed by atoms with Crippen LogP contribution in [0, 0.1) is 10.8 Å². The molecule has 0 fully saturated rings. The van der Waals surface area contributed by atoms with E-state index in [0.717, 1.165) is 36.5 Å². The Hall–Kier alpha value is -4.23. The van der Waals surface area contributed by atoms with Crippen molar-refractivity contribution in [3.63, 3.8) is 0 Å². The standard InChI is InChI=1S/C41H49N6S/c1-29(40(4,5)41(6)28-15-14-23-35(41)42-7)24-25-30-17-16-18-31(26-27-36-39(2,3)33-21-12-13-22-34(33)46(36)8)37(30)48-38-43-44-45-47(38)32-19-10-9-11-20-32/h9-15,19-27,42H,16-18,28H2,1-8H3/q+1/b27-26+,29-24-,30-25+. The fraction of sp³-hybridized carbons (Fsp3) is 0.366. The molecular formula is C41H49N6S+. The van der Waals surface area contributed by atoms with E-state index in [1.54, 1.807) is 11.8 Å². The minimum Gasteiger partial charge on any atom is -0.391 e. The Morgan fingerprint density at radius 1 is 1.02 bits per heavy atom. The van der Waals surface area contributed by atoms with Crippen molar-refractivity contribution < 1.29 is 4.58 Å². The second-order valence-electron chi connectivity index (χ2n) is 14.4. The maximum absolute atomic E-state index is 4.51. The molecule has 7 heteroatoms. The zero-order valence-corrected chi connectivity index (χ0v) is 30.5. The summed E-state index contributed by atoms with van der Waals surface area (Å²) in [6, 6.07) is 18.9. The molecule has 0 radical (unpaired) electrons. The monoisotopic (exact) mass is 657 g/mol. The van der Waals surface area contributed by atoms with Gasteiger partial charge in [0, 0.05) is 40.8 Å². The van der Waals surface area contributed by atoms with Gasteiger partial charge in [-0.2, -0.15) is 9.26 Å². The van der Waals surface area contributed by atoms with Crippen molar-refractivity contribution in [1.82, 2.24) is 25.5 Å². The van der Waals surface area contributed by atoms with Crippen molar-refractivity contribution >= 4 is 23.2 Å². The highest BCUT2D eigenvalue weighted by molar-refractivity contribution is 8.03. The molecule has 0 spiro atoms. The summed E-state index contributed by atoms with van der Waals surface area (Å²) in [7, 11) is 4.22. The van der Waals surface area contributed by atoms with Crippen LogP contribution in [0.25, 0.3) is 5.69 Å². The Morgan fingerprint density at radius 2 is 1.77 bits per heavy atom. The van der Waals surface area contributed by atoms with Crippen LogP contribution in [0.3, 0.4) is 0 Å². The van der Waals surface area contributed by atoms with E-state index in [9.17, 15) is 0 Å². The van der Waals surface area contributed by atoms with E-state index in [2.05, 4.69) is 141 Å². The highest BCUT2D eigenvalue weighted by Gasteiger charge is 2.45. The Kier molecular flexibility index (Phi) is 9.36. The fourth-order valence-electron chi connectivity index (χ4n) is 7.48. The lowest BCUT2D eigenvalue weighted by Crippen LogP contribution is -2.42. The predicted molar refractivity (Wildman–Crippen MR) is 200 cm³/mol. The summed E-state index contributed by atoms with van der Waals surface area (Å²) in [5, 5.41) is 17.2.